The number of rotatable bonds is 7. The third-order valence-electron chi connectivity index (χ3n) is 3.29. The quantitative estimate of drug-likeness (QED) is 0.679. The molecule has 0 aromatic heterocycles. The summed E-state index contributed by atoms with van der Waals surface area (Å²) >= 11 is 0. The molecular formula is C18H24N2O4. The van der Waals surface area contributed by atoms with E-state index in [4.69, 9.17) is 14.6 Å². The standard InChI is InChI=1S/C9H13NO2.C9H11NO2/c1-10-7-4-5-8(11-2)9(6-7)12-3;11-6-5-8-3-1-2-4-9(8)10-7-12/h4-6,10H,1-3H3;1-4,7,11H,5-6H2,(H,10,12). The van der Waals surface area contributed by atoms with Gasteiger partial charge in [-0.05, 0) is 30.2 Å². The van der Waals surface area contributed by atoms with Crippen molar-refractivity contribution in [3.63, 3.8) is 0 Å². The smallest absolute Gasteiger partial charge is 0.211 e. The number of amides is 1. The summed E-state index contributed by atoms with van der Waals surface area (Å²) in [6.07, 6.45) is 1.20. The maximum atomic E-state index is 10.2. The molecule has 0 atom stereocenters. The first-order valence-corrected chi connectivity index (χ1v) is 7.48. The van der Waals surface area contributed by atoms with Crippen LogP contribution in [0.4, 0.5) is 11.4 Å². The first kappa shape index (κ1) is 19.3. The van der Waals surface area contributed by atoms with Crippen molar-refractivity contribution in [2.24, 2.45) is 0 Å². The molecule has 0 radical (unpaired) electrons. The number of carbonyl (C=O) groups excluding carboxylic acids is 1. The SMILES string of the molecule is CNc1ccc(OC)c(OC)c1.O=CNc1ccccc1CCO. The Labute approximate surface area is 142 Å². The van der Waals surface area contributed by atoms with E-state index in [9.17, 15) is 4.79 Å². The van der Waals surface area contributed by atoms with Crippen LogP contribution >= 0.6 is 0 Å². The monoisotopic (exact) mass is 332 g/mol. The topological polar surface area (TPSA) is 79.8 Å². The van der Waals surface area contributed by atoms with E-state index in [1.54, 1.807) is 20.3 Å². The van der Waals surface area contributed by atoms with E-state index in [2.05, 4.69) is 10.6 Å². The molecule has 130 valence electrons. The molecule has 6 heteroatoms. The normalized spacial score (nSPS) is 9.33. The molecule has 2 aromatic rings. The first-order chi connectivity index (χ1) is 11.7. The number of nitrogens with one attached hydrogen (secondary N) is 2. The molecule has 0 unspecified atom stereocenters. The highest BCUT2D eigenvalue weighted by atomic mass is 16.5. The molecule has 0 spiro atoms. The van der Waals surface area contributed by atoms with E-state index in [1.807, 2.05) is 43.4 Å². The lowest BCUT2D eigenvalue weighted by atomic mass is 10.1. The van der Waals surface area contributed by atoms with Crippen molar-refractivity contribution in [2.75, 3.05) is 38.5 Å². The third kappa shape index (κ3) is 5.81. The number of aliphatic hydroxyl groups excluding tert-OH is 1. The van der Waals surface area contributed by atoms with Gasteiger partial charge < -0.3 is 25.2 Å². The number of aliphatic hydroxyl groups is 1. The van der Waals surface area contributed by atoms with Gasteiger partial charge in [-0.1, -0.05) is 18.2 Å². The first-order valence-electron chi connectivity index (χ1n) is 7.48. The summed E-state index contributed by atoms with van der Waals surface area (Å²) in [5, 5.41) is 14.3. The number of ether oxygens (including phenoxy) is 2. The molecule has 0 saturated heterocycles. The molecular weight excluding hydrogens is 308 g/mol. The molecule has 6 nitrogen and oxygen atoms in total. The minimum atomic E-state index is 0.0948. The van der Waals surface area contributed by atoms with Crippen molar-refractivity contribution in [2.45, 2.75) is 6.42 Å². The number of benzene rings is 2. The molecule has 3 N–H and O–H groups in total. The van der Waals surface area contributed by atoms with Crippen molar-refractivity contribution in [1.29, 1.82) is 0 Å². The molecule has 0 aliphatic heterocycles. The van der Waals surface area contributed by atoms with Crippen LogP contribution in [0.5, 0.6) is 11.5 Å². The number of hydrogen-bond donors (Lipinski definition) is 3. The zero-order valence-corrected chi connectivity index (χ0v) is 14.2. The van der Waals surface area contributed by atoms with Gasteiger partial charge in [-0.3, -0.25) is 4.79 Å². The van der Waals surface area contributed by atoms with Gasteiger partial charge >= 0.3 is 0 Å². The Hall–Kier alpha value is -2.73. The molecule has 0 aliphatic rings. The van der Waals surface area contributed by atoms with Gasteiger partial charge in [-0.25, -0.2) is 0 Å². The van der Waals surface area contributed by atoms with E-state index in [0.29, 0.717) is 12.8 Å². The average Bonchev–Trinajstić information content (AvgIpc) is 2.63. The minimum Gasteiger partial charge on any atom is -0.493 e. The molecule has 0 fully saturated rings. The summed E-state index contributed by atoms with van der Waals surface area (Å²) in [6.45, 7) is 0.0948. The second-order valence-electron chi connectivity index (χ2n) is 4.71. The summed E-state index contributed by atoms with van der Waals surface area (Å²) in [6, 6.07) is 13.1. The lowest BCUT2D eigenvalue weighted by Crippen LogP contribution is -2.00. The largest absolute Gasteiger partial charge is 0.493 e. The van der Waals surface area contributed by atoms with Crippen LogP contribution in [0.15, 0.2) is 42.5 Å². The summed E-state index contributed by atoms with van der Waals surface area (Å²) in [4.78, 5) is 10.2. The van der Waals surface area contributed by atoms with Crippen LogP contribution in [0.1, 0.15) is 5.56 Å². The fourth-order valence-electron chi connectivity index (χ4n) is 2.05. The van der Waals surface area contributed by atoms with Gasteiger partial charge in [0.05, 0.1) is 14.2 Å². The Balaban J connectivity index is 0.000000240. The molecule has 0 aliphatic carbocycles. The van der Waals surface area contributed by atoms with Crippen LogP contribution in [0.25, 0.3) is 0 Å². The van der Waals surface area contributed by atoms with Crippen LogP contribution in [-0.2, 0) is 11.2 Å². The average molecular weight is 332 g/mol. The van der Waals surface area contributed by atoms with Gasteiger partial charge in [0, 0.05) is 31.1 Å². The van der Waals surface area contributed by atoms with Gasteiger partial charge in [0.2, 0.25) is 6.41 Å². The summed E-state index contributed by atoms with van der Waals surface area (Å²) in [5.41, 5.74) is 2.72. The predicted octanol–water partition coefficient (Wildman–Crippen LogP) is 2.54. The molecule has 1 amide bonds. The maximum Gasteiger partial charge on any atom is 0.211 e. The number of methoxy groups -OCH3 is 2. The van der Waals surface area contributed by atoms with E-state index in [1.165, 1.54) is 0 Å². The van der Waals surface area contributed by atoms with Crippen LogP contribution < -0.4 is 20.1 Å². The summed E-state index contributed by atoms with van der Waals surface area (Å²) in [7, 11) is 5.11. The number of hydrogen-bond acceptors (Lipinski definition) is 5. The van der Waals surface area contributed by atoms with Crippen molar-refractivity contribution >= 4 is 17.8 Å². The Morgan fingerprint density at radius 2 is 1.79 bits per heavy atom. The van der Waals surface area contributed by atoms with Crippen molar-refractivity contribution in [3.05, 3.63) is 48.0 Å². The van der Waals surface area contributed by atoms with E-state index >= 15 is 0 Å². The van der Waals surface area contributed by atoms with Crippen molar-refractivity contribution in [3.8, 4) is 11.5 Å². The third-order valence-corrected chi connectivity index (χ3v) is 3.29. The predicted molar refractivity (Wildman–Crippen MR) is 96.0 cm³/mol. The van der Waals surface area contributed by atoms with Gasteiger partial charge in [0.25, 0.3) is 0 Å². The second kappa shape index (κ2) is 10.9. The zero-order chi connectivity index (χ0) is 17.8. The Morgan fingerprint density at radius 3 is 2.38 bits per heavy atom. The summed E-state index contributed by atoms with van der Waals surface area (Å²) in [5.74, 6) is 1.49. The Kier molecular flexibility index (Phi) is 8.78. The van der Waals surface area contributed by atoms with Gasteiger partial charge in [-0.2, -0.15) is 0 Å². The van der Waals surface area contributed by atoms with Crippen LogP contribution in [-0.4, -0.2) is 39.4 Å². The number of para-hydroxylation sites is 1. The molecule has 2 rings (SSSR count). The molecule has 0 saturated carbocycles. The highest BCUT2D eigenvalue weighted by Crippen LogP contribution is 2.29. The zero-order valence-electron chi connectivity index (χ0n) is 14.2. The molecule has 2 aromatic carbocycles. The van der Waals surface area contributed by atoms with Gasteiger partial charge in [0.1, 0.15) is 0 Å². The molecule has 0 heterocycles. The lowest BCUT2D eigenvalue weighted by molar-refractivity contribution is -0.105. The maximum absolute atomic E-state index is 10.2. The highest BCUT2D eigenvalue weighted by molar-refractivity contribution is 5.73. The number of carbonyl (C=O) groups is 1. The second-order valence-corrected chi connectivity index (χ2v) is 4.71. The van der Waals surface area contributed by atoms with Crippen molar-refractivity contribution < 1.29 is 19.4 Å². The van der Waals surface area contributed by atoms with Crippen molar-refractivity contribution in [1.82, 2.24) is 0 Å². The van der Waals surface area contributed by atoms with Gasteiger partial charge in [0.15, 0.2) is 11.5 Å². The summed E-state index contributed by atoms with van der Waals surface area (Å²) < 4.78 is 10.2. The minimum absolute atomic E-state index is 0.0948. The highest BCUT2D eigenvalue weighted by Gasteiger charge is 2.02. The van der Waals surface area contributed by atoms with E-state index in [-0.39, 0.29) is 6.61 Å². The van der Waals surface area contributed by atoms with Crippen LogP contribution in [0.3, 0.4) is 0 Å². The van der Waals surface area contributed by atoms with Crippen LogP contribution in [0, 0.1) is 0 Å². The van der Waals surface area contributed by atoms with E-state index in [0.717, 1.165) is 28.4 Å². The Bertz CT molecular complexity index is 632. The lowest BCUT2D eigenvalue weighted by Gasteiger charge is -2.08. The fourth-order valence-corrected chi connectivity index (χ4v) is 2.05. The molecule has 24 heavy (non-hydrogen) atoms. The van der Waals surface area contributed by atoms with Crippen LogP contribution in [0.2, 0.25) is 0 Å². The Morgan fingerprint density at radius 1 is 1.08 bits per heavy atom. The number of anilines is 2. The molecule has 0 bridgehead atoms. The van der Waals surface area contributed by atoms with E-state index < -0.39 is 0 Å². The fraction of sp³-hybridized carbons (Fsp3) is 0.278. The van der Waals surface area contributed by atoms with Gasteiger partial charge in [-0.15, -0.1) is 0 Å².